The molecule has 0 fully saturated rings. The normalized spacial score (nSPS) is 9.77. The van der Waals surface area contributed by atoms with E-state index in [2.05, 4.69) is 21.2 Å². The molecule has 0 heterocycles. The third-order valence-electron chi connectivity index (χ3n) is 1.57. The van der Waals surface area contributed by atoms with Crippen molar-refractivity contribution >= 4 is 39.1 Å². The zero-order valence-corrected chi connectivity index (χ0v) is 9.24. The molecule has 0 aliphatic heterocycles. The van der Waals surface area contributed by atoms with E-state index < -0.39 is 0 Å². The van der Waals surface area contributed by atoms with Crippen molar-refractivity contribution < 1.29 is 4.79 Å². The van der Waals surface area contributed by atoms with Crippen LogP contribution in [-0.2, 0) is 0 Å². The van der Waals surface area contributed by atoms with Gasteiger partial charge in [-0.25, -0.2) is 0 Å². The zero-order valence-electron chi connectivity index (χ0n) is 6.90. The molecule has 1 aromatic rings. The number of carbonyl (C=O) groups is 1. The molecule has 0 aliphatic rings. The minimum Gasteiger partial charge on any atom is -0.397 e. The predicted octanol–water partition coefficient (Wildman–Crippen LogP) is 2.04. The standard InChI is InChI=1S/C8H8BrClN2O/c1-12-8(13)5-2-4(10)3-6(9)7(5)11/h2-3H,11H2,1H3,(H,12,13). The molecule has 0 radical (unpaired) electrons. The van der Waals surface area contributed by atoms with Gasteiger partial charge in [-0.3, -0.25) is 4.79 Å². The molecule has 0 aliphatic carbocycles. The summed E-state index contributed by atoms with van der Waals surface area (Å²) in [6.45, 7) is 0. The molecule has 0 saturated carbocycles. The molecule has 0 saturated heterocycles. The van der Waals surface area contributed by atoms with Gasteiger partial charge >= 0.3 is 0 Å². The lowest BCUT2D eigenvalue weighted by Crippen LogP contribution is -2.19. The molecule has 0 spiro atoms. The number of hydrogen-bond donors (Lipinski definition) is 2. The fraction of sp³-hybridized carbons (Fsp3) is 0.125. The van der Waals surface area contributed by atoms with E-state index in [-0.39, 0.29) is 5.91 Å². The highest BCUT2D eigenvalue weighted by molar-refractivity contribution is 9.10. The van der Waals surface area contributed by atoms with Crippen molar-refractivity contribution in [1.29, 1.82) is 0 Å². The average Bonchev–Trinajstić information content (AvgIpc) is 2.10. The molecule has 1 amide bonds. The minimum absolute atomic E-state index is 0.249. The smallest absolute Gasteiger partial charge is 0.253 e. The largest absolute Gasteiger partial charge is 0.397 e. The number of nitrogens with two attached hydrogens (primary N) is 1. The minimum atomic E-state index is -0.249. The summed E-state index contributed by atoms with van der Waals surface area (Å²) in [4.78, 5) is 11.3. The van der Waals surface area contributed by atoms with Gasteiger partial charge in [-0.1, -0.05) is 11.6 Å². The number of anilines is 1. The Morgan fingerprint density at radius 2 is 2.23 bits per heavy atom. The van der Waals surface area contributed by atoms with Crippen LogP contribution in [0.5, 0.6) is 0 Å². The number of amides is 1. The van der Waals surface area contributed by atoms with Gasteiger partial charge in [0.1, 0.15) is 0 Å². The summed E-state index contributed by atoms with van der Waals surface area (Å²) in [5, 5.41) is 2.95. The van der Waals surface area contributed by atoms with Crippen molar-refractivity contribution in [3.05, 3.63) is 27.2 Å². The third kappa shape index (κ3) is 2.14. The van der Waals surface area contributed by atoms with Crippen LogP contribution in [-0.4, -0.2) is 13.0 Å². The highest BCUT2D eigenvalue weighted by atomic mass is 79.9. The topological polar surface area (TPSA) is 55.1 Å². The summed E-state index contributed by atoms with van der Waals surface area (Å²) in [5.41, 5.74) is 6.43. The molecule has 0 unspecified atom stereocenters. The number of hydrogen-bond acceptors (Lipinski definition) is 2. The molecule has 3 N–H and O–H groups in total. The fourth-order valence-electron chi connectivity index (χ4n) is 0.907. The van der Waals surface area contributed by atoms with E-state index in [9.17, 15) is 4.79 Å². The molecular weight excluding hydrogens is 255 g/mol. The lowest BCUT2D eigenvalue weighted by molar-refractivity contribution is 0.0964. The summed E-state index contributed by atoms with van der Waals surface area (Å²) >= 11 is 8.96. The van der Waals surface area contributed by atoms with E-state index >= 15 is 0 Å². The van der Waals surface area contributed by atoms with Crippen LogP contribution in [0.4, 0.5) is 5.69 Å². The van der Waals surface area contributed by atoms with Crippen LogP contribution in [0.2, 0.25) is 5.02 Å². The van der Waals surface area contributed by atoms with Crippen LogP contribution in [0.15, 0.2) is 16.6 Å². The maximum absolute atomic E-state index is 11.3. The van der Waals surface area contributed by atoms with Crippen molar-refractivity contribution in [2.75, 3.05) is 12.8 Å². The highest BCUT2D eigenvalue weighted by Gasteiger charge is 2.11. The van der Waals surface area contributed by atoms with Crippen LogP contribution in [0, 0.1) is 0 Å². The third-order valence-corrected chi connectivity index (χ3v) is 2.44. The van der Waals surface area contributed by atoms with Gasteiger partial charge in [0, 0.05) is 16.5 Å². The van der Waals surface area contributed by atoms with E-state index in [1.807, 2.05) is 0 Å². The van der Waals surface area contributed by atoms with Crippen LogP contribution in [0.3, 0.4) is 0 Å². The van der Waals surface area contributed by atoms with Gasteiger partial charge in [-0.05, 0) is 28.1 Å². The lowest BCUT2D eigenvalue weighted by Gasteiger charge is -2.06. The number of benzene rings is 1. The summed E-state index contributed by atoms with van der Waals surface area (Å²) in [5.74, 6) is -0.249. The summed E-state index contributed by atoms with van der Waals surface area (Å²) in [6, 6.07) is 3.17. The molecule has 13 heavy (non-hydrogen) atoms. The Bertz CT molecular complexity index is 354. The second-order valence-corrected chi connectivity index (χ2v) is 3.72. The maximum Gasteiger partial charge on any atom is 0.253 e. The van der Waals surface area contributed by atoms with Gasteiger partial charge in [0.15, 0.2) is 0 Å². The number of halogens is 2. The Morgan fingerprint density at radius 3 is 2.77 bits per heavy atom. The lowest BCUT2D eigenvalue weighted by atomic mass is 10.1. The fourth-order valence-corrected chi connectivity index (χ4v) is 1.72. The first-order chi connectivity index (χ1) is 6.06. The average molecular weight is 264 g/mol. The number of rotatable bonds is 1. The number of carbonyl (C=O) groups excluding carboxylic acids is 1. The molecule has 5 heteroatoms. The Labute approximate surface area is 89.4 Å². The molecule has 0 atom stereocenters. The van der Waals surface area contributed by atoms with Crippen LogP contribution < -0.4 is 11.1 Å². The van der Waals surface area contributed by atoms with Crippen molar-refractivity contribution in [2.24, 2.45) is 0 Å². The molecule has 0 bridgehead atoms. The van der Waals surface area contributed by atoms with E-state index in [0.29, 0.717) is 20.7 Å². The van der Waals surface area contributed by atoms with Crippen molar-refractivity contribution in [1.82, 2.24) is 5.32 Å². The van der Waals surface area contributed by atoms with E-state index in [1.54, 1.807) is 6.07 Å². The van der Waals surface area contributed by atoms with Crippen molar-refractivity contribution in [3.8, 4) is 0 Å². The van der Waals surface area contributed by atoms with E-state index in [0.717, 1.165) is 0 Å². The van der Waals surface area contributed by atoms with Crippen LogP contribution >= 0.6 is 27.5 Å². The Kier molecular flexibility index (Phi) is 3.17. The molecule has 0 aromatic heterocycles. The quantitative estimate of drug-likeness (QED) is 0.762. The first kappa shape index (κ1) is 10.3. The Hall–Kier alpha value is -0.740. The maximum atomic E-state index is 11.3. The van der Waals surface area contributed by atoms with E-state index in [1.165, 1.54) is 13.1 Å². The predicted molar refractivity (Wildman–Crippen MR) is 57.0 cm³/mol. The van der Waals surface area contributed by atoms with Gasteiger partial charge in [0.2, 0.25) is 0 Å². The van der Waals surface area contributed by atoms with Gasteiger partial charge in [0.25, 0.3) is 5.91 Å². The second kappa shape index (κ2) is 3.98. The van der Waals surface area contributed by atoms with Crippen molar-refractivity contribution in [3.63, 3.8) is 0 Å². The summed E-state index contributed by atoms with van der Waals surface area (Å²) in [6.07, 6.45) is 0. The molecular formula is C8H8BrClN2O. The van der Waals surface area contributed by atoms with Gasteiger partial charge in [0.05, 0.1) is 11.3 Å². The number of nitrogen functional groups attached to an aromatic ring is 1. The first-order valence-corrected chi connectivity index (χ1v) is 4.70. The zero-order chi connectivity index (χ0) is 10.0. The molecule has 1 rings (SSSR count). The summed E-state index contributed by atoms with van der Waals surface area (Å²) < 4.78 is 0.624. The first-order valence-electron chi connectivity index (χ1n) is 3.53. The van der Waals surface area contributed by atoms with Gasteiger partial charge < -0.3 is 11.1 Å². The monoisotopic (exact) mass is 262 g/mol. The summed E-state index contributed by atoms with van der Waals surface area (Å²) in [7, 11) is 1.54. The molecule has 3 nitrogen and oxygen atoms in total. The van der Waals surface area contributed by atoms with E-state index in [4.69, 9.17) is 17.3 Å². The second-order valence-electron chi connectivity index (χ2n) is 2.43. The SMILES string of the molecule is CNC(=O)c1cc(Cl)cc(Br)c1N. The Balaban J connectivity index is 3.28. The number of nitrogens with one attached hydrogen (secondary N) is 1. The highest BCUT2D eigenvalue weighted by Crippen LogP contribution is 2.27. The van der Waals surface area contributed by atoms with Gasteiger partial charge in [-0.2, -0.15) is 0 Å². The van der Waals surface area contributed by atoms with Crippen molar-refractivity contribution in [2.45, 2.75) is 0 Å². The van der Waals surface area contributed by atoms with Crippen LogP contribution in [0.25, 0.3) is 0 Å². The Morgan fingerprint density at radius 1 is 1.62 bits per heavy atom. The molecule has 1 aromatic carbocycles. The van der Waals surface area contributed by atoms with Crippen LogP contribution in [0.1, 0.15) is 10.4 Å². The van der Waals surface area contributed by atoms with Gasteiger partial charge in [-0.15, -0.1) is 0 Å². The molecule has 70 valence electrons.